The highest BCUT2D eigenvalue weighted by molar-refractivity contribution is 7.48. The van der Waals surface area contributed by atoms with Gasteiger partial charge in [0.05, 0.1) is 13.2 Å². The molecule has 12 nitrogen and oxygen atoms in total. The molecule has 39 heavy (non-hydrogen) atoms. The highest BCUT2D eigenvalue weighted by atomic mass is 31.2. The van der Waals surface area contributed by atoms with E-state index in [1.165, 1.54) is 6.92 Å². The van der Waals surface area contributed by atoms with Crippen LogP contribution in [0, 0.1) is 0 Å². The fourth-order valence-corrected chi connectivity index (χ4v) is 4.99. The van der Waals surface area contributed by atoms with Gasteiger partial charge in [0.25, 0.3) is 0 Å². The van der Waals surface area contributed by atoms with E-state index in [1.54, 1.807) is 48.5 Å². The fourth-order valence-electron chi connectivity index (χ4n) is 3.74. The molecule has 0 spiro atoms. The molecule has 0 aliphatic carbocycles. The average molecular weight is 566 g/mol. The van der Waals surface area contributed by atoms with E-state index in [1.807, 2.05) is 12.1 Å². The molecule has 13 heteroatoms. The van der Waals surface area contributed by atoms with Gasteiger partial charge >= 0.3 is 19.8 Å². The Hall–Kier alpha value is -3.12. The Balaban J connectivity index is 1.91. The maximum atomic E-state index is 13.9. The number of phosphoric acid groups is 1. The standard InChI is InChI=1S/C26H32NO11P/c1-17(28)27-23-25(36-19(3)30)24(31)22(16-33-18(2)29)37-26(23)38-39(32,34-14-20-10-6-4-7-11-20)35-15-21-12-8-5-9-13-21/h4-13,22-26,31H,14-16H2,1-3H3,(H,27,28)/t22-,23-,24-,25-,26-/m1/s1. The lowest BCUT2D eigenvalue weighted by Crippen LogP contribution is -2.65. The number of ether oxygens (including phenoxy) is 3. The molecule has 5 atom stereocenters. The first-order valence-electron chi connectivity index (χ1n) is 12.1. The summed E-state index contributed by atoms with van der Waals surface area (Å²) in [5.41, 5.74) is 1.35. The van der Waals surface area contributed by atoms with E-state index in [4.69, 9.17) is 27.8 Å². The molecule has 0 bridgehead atoms. The van der Waals surface area contributed by atoms with Crippen LogP contribution in [0.15, 0.2) is 60.7 Å². The maximum absolute atomic E-state index is 13.9. The van der Waals surface area contributed by atoms with Crippen LogP contribution < -0.4 is 5.32 Å². The van der Waals surface area contributed by atoms with Gasteiger partial charge in [0.15, 0.2) is 12.4 Å². The fraction of sp³-hybridized carbons (Fsp3) is 0.423. The molecule has 0 radical (unpaired) electrons. The summed E-state index contributed by atoms with van der Waals surface area (Å²) in [6.07, 6.45) is -5.84. The molecule has 1 amide bonds. The monoisotopic (exact) mass is 565 g/mol. The quantitative estimate of drug-likeness (QED) is 0.288. The van der Waals surface area contributed by atoms with Crippen molar-refractivity contribution in [3.05, 3.63) is 71.8 Å². The molecule has 1 saturated heterocycles. The van der Waals surface area contributed by atoms with Crippen LogP contribution in [0.3, 0.4) is 0 Å². The van der Waals surface area contributed by atoms with E-state index in [-0.39, 0.29) is 13.2 Å². The van der Waals surface area contributed by atoms with Crippen molar-refractivity contribution in [3.63, 3.8) is 0 Å². The number of rotatable bonds is 12. The number of aliphatic hydroxyl groups excluding tert-OH is 1. The Morgan fingerprint density at radius 3 is 1.90 bits per heavy atom. The Morgan fingerprint density at radius 1 is 0.897 bits per heavy atom. The Kier molecular flexibility index (Phi) is 11.2. The Labute approximate surface area is 226 Å². The second-order valence-corrected chi connectivity index (χ2v) is 10.3. The summed E-state index contributed by atoms with van der Waals surface area (Å²) >= 11 is 0. The van der Waals surface area contributed by atoms with E-state index >= 15 is 0 Å². The molecule has 2 N–H and O–H groups in total. The van der Waals surface area contributed by atoms with Crippen molar-refractivity contribution in [2.45, 2.75) is 64.6 Å². The Bertz CT molecular complexity index is 1100. The highest BCUT2D eigenvalue weighted by Gasteiger charge is 2.51. The number of hydrogen-bond acceptors (Lipinski definition) is 11. The van der Waals surface area contributed by atoms with Crippen LogP contribution >= 0.6 is 7.82 Å². The smallest absolute Gasteiger partial charge is 0.463 e. The minimum Gasteiger partial charge on any atom is -0.463 e. The minimum absolute atomic E-state index is 0.155. The minimum atomic E-state index is -4.45. The summed E-state index contributed by atoms with van der Waals surface area (Å²) in [5, 5.41) is 13.4. The summed E-state index contributed by atoms with van der Waals surface area (Å²) in [6.45, 7) is 2.71. The van der Waals surface area contributed by atoms with Crippen molar-refractivity contribution in [1.29, 1.82) is 0 Å². The maximum Gasteiger partial charge on any atom is 0.477 e. The largest absolute Gasteiger partial charge is 0.477 e. The van der Waals surface area contributed by atoms with Crippen molar-refractivity contribution in [3.8, 4) is 0 Å². The number of hydrogen-bond donors (Lipinski definition) is 2. The third-order valence-electron chi connectivity index (χ3n) is 5.49. The van der Waals surface area contributed by atoms with Crippen LogP contribution in [0.2, 0.25) is 0 Å². The van der Waals surface area contributed by atoms with E-state index in [0.29, 0.717) is 11.1 Å². The van der Waals surface area contributed by atoms with Gasteiger partial charge in [-0.3, -0.25) is 28.0 Å². The van der Waals surface area contributed by atoms with Crippen molar-refractivity contribution in [1.82, 2.24) is 5.32 Å². The van der Waals surface area contributed by atoms with Gasteiger partial charge in [0.1, 0.15) is 24.9 Å². The van der Waals surface area contributed by atoms with Crippen LogP contribution in [-0.4, -0.2) is 60.2 Å². The summed E-state index contributed by atoms with van der Waals surface area (Å²) in [7, 11) is -4.45. The highest BCUT2D eigenvalue weighted by Crippen LogP contribution is 2.53. The molecule has 1 heterocycles. The summed E-state index contributed by atoms with van der Waals surface area (Å²) in [6, 6.07) is 16.4. The lowest BCUT2D eigenvalue weighted by atomic mass is 9.96. The number of aliphatic hydroxyl groups is 1. The van der Waals surface area contributed by atoms with Gasteiger partial charge < -0.3 is 24.6 Å². The number of amides is 1. The summed E-state index contributed by atoms with van der Waals surface area (Å²) in [4.78, 5) is 35.3. The zero-order valence-electron chi connectivity index (χ0n) is 21.8. The number of benzene rings is 2. The zero-order chi connectivity index (χ0) is 28.4. The molecule has 3 rings (SSSR count). The van der Waals surface area contributed by atoms with Crippen LogP contribution in [0.1, 0.15) is 31.9 Å². The molecule has 2 aromatic carbocycles. The molecule has 1 fully saturated rings. The number of esters is 2. The topological polar surface area (TPSA) is 156 Å². The van der Waals surface area contributed by atoms with Crippen molar-refractivity contribution >= 4 is 25.7 Å². The van der Waals surface area contributed by atoms with Crippen LogP contribution in [-0.2, 0) is 59.9 Å². The predicted molar refractivity (Wildman–Crippen MR) is 136 cm³/mol. The predicted octanol–water partition coefficient (Wildman–Crippen LogP) is 2.63. The first-order chi connectivity index (χ1) is 18.6. The molecular formula is C26H32NO11P. The first kappa shape index (κ1) is 30.4. The first-order valence-corrected chi connectivity index (χ1v) is 13.6. The van der Waals surface area contributed by atoms with Gasteiger partial charge in [-0.15, -0.1) is 0 Å². The molecule has 0 aromatic heterocycles. The van der Waals surface area contributed by atoms with Crippen molar-refractivity contribution < 1.29 is 51.8 Å². The van der Waals surface area contributed by atoms with Crippen LogP contribution in [0.25, 0.3) is 0 Å². The molecular weight excluding hydrogens is 533 g/mol. The van der Waals surface area contributed by atoms with Gasteiger partial charge in [-0.25, -0.2) is 4.57 Å². The molecule has 212 valence electrons. The molecule has 0 saturated carbocycles. The number of phosphoric ester groups is 1. The molecule has 2 aromatic rings. The van der Waals surface area contributed by atoms with Gasteiger partial charge in [0, 0.05) is 20.8 Å². The Morgan fingerprint density at radius 2 is 1.44 bits per heavy atom. The van der Waals surface area contributed by atoms with Crippen molar-refractivity contribution in [2.75, 3.05) is 6.61 Å². The van der Waals surface area contributed by atoms with Crippen molar-refractivity contribution in [2.24, 2.45) is 0 Å². The van der Waals surface area contributed by atoms with E-state index in [9.17, 15) is 24.1 Å². The number of nitrogens with one attached hydrogen (secondary N) is 1. The zero-order valence-corrected chi connectivity index (χ0v) is 22.7. The van der Waals surface area contributed by atoms with E-state index in [0.717, 1.165) is 13.8 Å². The summed E-state index contributed by atoms with van der Waals surface area (Å²) < 4.78 is 47.0. The van der Waals surface area contributed by atoms with E-state index in [2.05, 4.69) is 5.32 Å². The third kappa shape index (κ3) is 9.54. The number of carbonyl (C=O) groups excluding carboxylic acids is 3. The van der Waals surface area contributed by atoms with Gasteiger partial charge in [-0.1, -0.05) is 60.7 Å². The lowest BCUT2D eigenvalue weighted by Gasteiger charge is -2.44. The second kappa shape index (κ2) is 14.3. The molecule has 0 unspecified atom stereocenters. The third-order valence-corrected chi connectivity index (χ3v) is 6.85. The van der Waals surface area contributed by atoms with Gasteiger partial charge in [-0.05, 0) is 11.1 Å². The second-order valence-electron chi connectivity index (χ2n) is 8.71. The number of carbonyl (C=O) groups is 3. The lowest BCUT2D eigenvalue weighted by molar-refractivity contribution is -0.256. The normalized spacial score (nSPS) is 23.0. The molecule has 1 aliphatic heterocycles. The summed E-state index contributed by atoms with van der Waals surface area (Å²) in [5.74, 6) is -2.00. The molecule has 1 aliphatic rings. The van der Waals surface area contributed by atoms with Crippen LogP contribution in [0.4, 0.5) is 0 Å². The van der Waals surface area contributed by atoms with Gasteiger partial charge in [0.2, 0.25) is 5.91 Å². The van der Waals surface area contributed by atoms with Gasteiger partial charge in [-0.2, -0.15) is 0 Å². The van der Waals surface area contributed by atoms with Crippen LogP contribution in [0.5, 0.6) is 0 Å². The average Bonchev–Trinajstić information content (AvgIpc) is 2.90. The van der Waals surface area contributed by atoms with E-state index < -0.39 is 62.9 Å². The SMILES string of the molecule is CC(=O)N[C@H]1[C@@H](OP(=O)(OCc2ccccc2)OCc2ccccc2)O[C@H](COC(C)=O)[C@@H](O)[C@@H]1OC(C)=O.